The molecule has 0 radical (unpaired) electrons. The fourth-order valence-corrected chi connectivity index (χ4v) is 3.07. The molecular weight excluding hydrogens is 248 g/mol. The van der Waals surface area contributed by atoms with Crippen LogP contribution in [0.1, 0.15) is 37.7 Å². The minimum atomic E-state index is -3.56. The molecule has 3 nitrogen and oxygen atoms in total. The molecule has 0 saturated heterocycles. The van der Waals surface area contributed by atoms with Gasteiger partial charge >= 0.3 is 0 Å². The molecule has 1 fully saturated rings. The molecule has 0 unspecified atom stereocenters. The van der Waals surface area contributed by atoms with E-state index < -0.39 is 10.1 Å². The topological polar surface area (TPSA) is 43.4 Å². The summed E-state index contributed by atoms with van der Waals surface area (Å²) in [4.78, 5) is 0. The third-order valence-corrected chi connectivity index (χ3v) is 4.06. The zero-order valence-electron chi connectivity index (χ0n) is 10.3. The van der Waals surface area contributed by atoms with Crippen molar-refractivity contribution < 1.29 is 12.6 Å². The highest BCUT2D eigenvalue weighted by Gasteiger charge is 2.19. The maximum Gasteiger partial charge on any atom is 0.290 e. The zero-order chi connectivity index (χ0) is 12.8. The summed E-state index contributed by atoms with van der Waals surface area (Å²) >= 11 is 0. The highest BCUT2D eigenvalue weighted by Crippen LogP contribution is 2.22. The molecule has 1 aliphatic rings. The van der Waals surface area contributed by atoms with Gasteiger partial charge in [-0.1, -0.05) is 49.6 Å². The lowest BCUT2D eigenvalue weighted by atomic mass is 9.98. The Bertz CT molecular complexity index is 485. The van der Waals surface area contributed by atoms with Crippen LogP contribution in [0.3, 0.4) is 0 Å². The molecule has 1 aromatic carbocycles. The van der Waals surface area contributed by atoms with Gasteiger partial charge in [-0.05, 0) is 24.5 Å². The fraction of sp³-hybridized carbons (Fsp3) is 0.429. The molecule has 0 spiro atoms. The van der Waals surface area contributed by atoms with E-state index in [1.165, 1.54) is 6.42 Å². The maximum atomic E-state index is 11.8. The van der Waals surface area contributed by atoms with E-state index in [4.69, 9.17) is 4.18 Å². The first kappa shape index (κ1) is 13.3. The predicted molar refractivity (Wildman–Crippen MR) is 72.4 cm³/mol. The van der Waals surface area contributed by atoms with Crippen LogP contribution in [0.4, 0.5) is 0 Å². The van der Waals surface area contributed by atoms with E-state index in [1.54, 1.807) is 6.08 Å². The Balaban J connectivity index is 1.96. The number of hydrogen-bond donors (Lipinski definition) is 0. The molecule has 0 heterocycles. The molecule has 98 valence electrons. The molecule has 1 aromatic rings. The Morgan fingerprint density at radius 2 is 1.72 bits per heavy atom. The summed E-state index contributed by atoms with van der Waals surface area (Å²) < 4.78 is 28.7. The quantitative estimate of drug-likeness (QED) is 0.785. The Kier molecular flexibility index (Phi) is 4.55. The molecule has 2 rings (SSSR count). The minimum absolute atomic E-state index is 0.135. The van der Waals surface area contributed by atoms with Crippen molar-refractivity contribution in [1.82, 2.24) is 0 Å². The first-order chi connectivity index (χ1) is 8.66. The SMILES string of the molecule is O=S(=O)(/C=C/c1ccccc1)OC1CCCCC1. The van der Waals surface area contributed by atoms with Crippen molar-refractivity contribution in [3.05, 3.63) is 41.3 Å². The van der Waals surface area contributed by atoms with Crippen molar-refractivity contribution in [2.75, 3.05) is 0 Å². The standard InChI is InChI=1S/C14H18O3S/c15-18(16,17-14-9-5-2-6-10-14)12-11-13-7-3-1-4-8-13/h1,3-4,7-8,11-12,14H,2,5-6,9-10H2/b12-11+. The second-order valence-corrected chi connectivity index (χ2v) is 6.01. The van der Waals surface area contributed by atoms with Crippen LogP contribution < -0.4 is 0 Å². The van der Waals surface area contributed by atoms with E-state index in [-0.39, 0.29) is 6.10 Å². The smallest absolute Gasteiger partial charge is 0.263 e. The number of hydrogen-bond acceptors (Lipinski definition) is 3. The molecule has 0 amide bonds. The Morgan fingerprint density at radius 3 is 2.39 bits per heavy atom. The Morgan fingerprint density at radius 1 is 1.06 bits per heavy atom. The largest absolute Gasteiger partial charge is 0.290 e. The number of rotatable bonds is 4. The van der Waals surface area contributed by atoms with Gasteiger partial charge in [0.1, 0.15) is 0 Å². The maximum absolute atomic E-state index is 11.8. The van der Waals surface area contributed by atoms with Gasteiger partial charge in [-0.15, -0.1) is 0 Å². The highest BCUT2D eigenvalue weighted by atomic mass is 32.2. The average molecular weight is 266 g/mol. The van der Waals surface area contributed by atoms with Crippen LogP contribution in [0.2, 0.25) is 0 Å². The molecule has 18 heavy (non-hydrogen) atoms. The van der Waals surface area contributed by atoms with E-state index in [1.807, 2.05) is 30.3 Å². The van der Waals surface area contributed by atoms with Gasteiger partial charge in [0.2, 0.25) is 0 Å². The molecular formula is C14H18O3S. The van der Waals surface area contributed by atoms with Crippen molar-refractivity contribution in [1.29, 1.82) is 0 Å². The van der Waals surface area contributed by atoms with Gasteiger partial charge in [0.05, 0.1) is 11.5 Å². The summed E-state index contributed by atoms with van der Waals surface area (Å²) in [6, 6.07) is 9.34. The van der Waals surface area contributed by atoms with E-state index in [0.717, 1.165) is 36.7 Å². The molecule has 0 aliphatic heterocycles. The third kappa shape index (κ3) is 4.27. The molecule has 0 N–H and O–H groups in total. The van der Waals surface area contributed by atoms with Crippen molar-refractivity contribution in [3.8, 4) is 0 Å². The summed E-state index contributed by atoms with van der Waals surface area (Å²) in [5.74, 6) is 0. The van der Waals surface area contributed by atoms with Crippen LogP contribution in [0.15, 0.2) is 35.7 Å². The summed E-state index contributed by atoms with van der Waals surface area (Å²) in [7, 11) is -3.56. The van der Waals surface area contributed by atoms with E-state index >= 15 is 0 Å². The molecule has 4 heteroatoms. The van der Waals surface area contributed by atoms with Gasteiger partial charge in [-0.3, -0.25) is 4.18 Å². The second kappa shape index (κ2) is 6.16. The lowest BCUT2D eigenvalue weighted by Crippen LogP contribution is -2.19. The molecule has 0 atom stereocenters. The second-order valence-electron chi connectivity index (χ2n) is 4.56. The fourth-order valence-electron chi connectivity index (χ4n) is 2.11. The predicted octanol–water partition coefficient (Wildman–Crippen LogP) is 3.34. The zero-order valence-corrected chi connectivity index (χ0v) is 11.1. The van der Waals surface area contributed by atoms with Crippen LogP contribution in [0, 0.1) is 0 Å². The first-order valence-electron chi connectivity index (χ1n) is 6.32. The normalized spacial score (nSPS) is 18.2. The highest BCUT2D eigenvalue weighted by molar-refractivity contribution is 7.89. The van der Waals surface area contributed by atoms with Crippen molar-refractivity contribution in [2.24, 2.45) is 0 Å². The van der Waals surface area contributed by atoms with Gasteiger partial charge in [0.15, 0.2) is 0 Å². The van der Waals surface area contributed by atoms with E-state index in [2.05, 4.69) is 0 Å². The van der Waals surface area contributed by atoms with Crippen LogP contribution in [-0.2, 0) is 14.3 Å². The first-order valence-corrected chi connectivity index (χ1v) is 7.79. The monoisotopic (exact) mass is 266 g/mol. The molecule has 1 aliphatic carbocycles. The van der Waals surface area contributed by atoms with Crippen LogP contribution in [-0.4, -0.2) is 14.5 Å². The average Bonchev–Trinajstić information content (AvgIpc) is 2.38. The van der Waals surface area contributed by atoms with Crippen molar-refractivity contribution in [2.45, 2.75) is 38.2 Å². The lowest BCUT2D eigenvalue weighted by Gasteiger charge is -2.20. The molecule has 0 bridgehead atoms. The van der Waals surface area contributed by atoms with Gasteiger partial charge in [-0.2, -0.15) is 8.42 Å². The van der Waals surface area contributed by atoms with Crippen LogP contribution in [0.25, 0.3) is 6.08 Å². The Labute approximate surface area is 109 Å². The third-order valence-electron chi connectivity index (χ3n) is 3.05. The minimum Gasteiger partial charge on any atom is -0.263 e. The van der Waals surface area contributed by atoms with Gasteiger partial charge in [-0.25, -0.2) is 0 Å². The lowest BCUT2D eigenvalue weighted by molar-refractivity contribution is 0.165. The molecule has 1 saturated carbocycles. The molecule has 0 aromatic heterocycles. The summed E-state index contributed by atoms with van der Waals surface area (Å²) in [6.07, 6.45) is 6.42. The summed E-state index contributed by atoms with van der Waals surface area (Å²) in [5.41, 5.74) is 0.855. The van der Waals surface area contributed by atoms with E-state index in [9.17, 15) is 8.42 Å². The van der Waals surface area contributed by atoms with Gasteiger partial charge < -0.3 is 0 Å². The van der Waals surface area contributed by atoms with Gasteiger partial charge in [0, 0.05) is 0 Å². The number of benzene rings is 1. The van der Waals surface area contributed by atoms with E-state index in [0.29, 0.717) is 0 Å². The van der Waals surface area contributed by atoms with Crippen LogP contribution >= 0.6 is 0 Å². The summed E-state index contributed by atoms with van der Waals surface area (Å²) in [5, 5.41) is 1.15. The van der Waals surface area contributed by atoms with Crippen LogP contribution in [0.5, 0.6) is 0 Å². The van der Waals surface area contributed by atoms with Gasteiger partial charge in [0.25, 0.3) is 10.1 Å². The summed E-state index contributed by atoms with van der Waals surface area (Å²) in [6.45, 7) is 0. The van der Waals surface area contributed by atoms with Crippen molar-refractivity contribution >= 4 is 16.2 Å². The Hall–Kier alpha value is -1.13. The van der Waals surface area contributed by atoms with Crippen molar-refractivity contribution in [3.63, 3.8) is 0 Å².